The van der Waals surface area contributed by atoms with E-state index in [-0.39, 0.29) is 19.1 Å². The maximum absolute atomic E-state index is 12.8. The van der Waals surface area contributed by atoms with Gasteiger partial charge in [0, 0.05) is 13.3 Å². The Balaban J connectivity index is 5.38. The van der Waals surface area contributed by atoms with Crippen molar-refractivity contribution in [2.24, 2.45) is 11.7 Å². The third-order valence-corrected chi connectivity index (χ3v) is 5.53. The van der Waals surface area contributed by atoms with E-state index in [2.05, 4.69) is 21.3 Å². The average Bonchev–Trinajstić information content (AvgIpc) is 2.87. The second-order valence-electron chi connectivity index (χ2n) is 9.30. The van der Waals surface area contributed by atoms with Crippen LogP contribution in [0.3, 0.4) is 0 Å². The van der Waals surface area contributed by atoms with Crippen molar-refractivity contribution in [1.29, 1.82) is 0 Å². The lowest BCUT2D eigenvalue weighted by atomic mass is 10.0. The van der Waals surface area contributed by atoms with Gasteiger partial charge in [0.05, 0.1) is 6.61 Å². The number of nitrogens with one attached hydrogen (secondary N) is 4. The van der Waals surface area contributed by atoms with Gasteiger partial charge in [-0.3, -0.25) is 28.8 Å². The molecular formula is C23H39N5O12. The lowest BCUT2D eigenvalue weighted by Crippen LogP contribution is -2.57. The first-order valence-electron chi connectivity index (χ1n) is 12.3. The molecule has 7 atom stereocenters. The summed E-state index contributed by atoms with van der Waals surface area (Å²) in [6.45, 7) is 3.66. The number of hydrogen-bond donors (Lipinski definition) is 9. The second kappa shape index (κ2) is 17.8. The van der Waals surface area contributed by atoms with Gasteiger partial charge in [-0.25, -0.2) is 0 Å². The number of aliphatic hydroxyl groups is 3. The van der Waals surface area contributed by atoms with Crippen LogP contribution >= 0.6 is 0 Å². The van der Waals surface area contributed by atoms with Gasteiger partial charge in [-0.05, 0) is 19.3 Å². The molecule has 0 spiro atoms. The number of rotatable bonds is 19. The largest absolute Gasteiger partial charge is 0.480 e. The van der Waals surface area contributed by atoms with Gasteiger partial charge < -0.3 is 57.0 Å². The topological polar surface area (TPSA) is 284 Å². The highest BCUT2D eigenvalue weighted by Crippen LogP contribution is 2.10. The molecular weight excluding hydrogens is 538 g/mol. The Bertz CT molecular complexity index is 915. The first-order valence-corrected chi connectivity index (χ1v) is 12.3. The summed E-state index contributed by atoms with van der Waals surface area (Å²) in [5, 5.41) is 47.0. The van der Waals surface area contributed by atoms with E-state index in [4.69, 9.17) is 20.7 Å². The Morgan fingerprint density at radius 2 is 1.55 bits per heavy atom. The quantitative estimate of drug-likeness (QED) is 0.0654. The Morgan fingerprint density at radius 1 is 0.950 bits per heavy atom. The number of aliphatic hydroxyl groups excluding tert-OH is 3. The highest BCUT2D eigenvalue weighted by atomic mass is 16.5. The molecule has 0 aliphatic rings. The molecule has 0 radical (unpaired) electrons. The van der Waals surface area contributed by atoms with Crippen LogP contribution in [0.25, 0.3) is 0 Å². The summed E-state index contributed by atoms with van der Waals surface area (Å²) in [5.41, 5.74) is 5.31. The van der Waals surface area contributed by atoms with E-state index < -0.39 is 97.1 Å². The minimum Gasteiger partial charge on any atom is -0.480 e. The van der Waals surface area contributed by atoms with Crippen molar-refractivity contribution in [3.8, 4) is 0 Å². The van der Waals surface area contributed by atoms with Crippen LogP contribution in [0.5, 0.6) is 0 Å². The number of aldehydes is 1. The molecule has 3 unspecified atom stereocenters. The molecule has 0 bridgehead atoms. The Labute approximate surface area is 230 Å². The van der Waals surface area contributed by atoms with Gasteiger partial charge in [-0.2, -0.15) is 0 Å². The Morgan fingerprint density at radius 3 is 2.00 bits per heavy atom. The van der Waals surface area contributed by atoms with Crippen molar-refractivity contribution in [3.63, 3.8) is 0 Å². The fraction of sp³-hybridized carbons (Fsp3) is 0.696. The number of aliphatic carboxylic acids is 1. The molecule has 0 aromatic rings. The van der Waals surface area contributed by atoms with Crippen LogP contribution in [0.4, 0.5) is 0 Å². The minimum absolute atomic E-state index is 0.203. The Hall–Kier alpha value is -3.67. The molecule has 10 N–H and O–H groups in total. The smallest absolute Gasteiger partial charge is 0.325 e. The van der Waals surface area contributed by atoms with Crippen molar-refractivity contribution < 1.29 is 58.7 Å². The molecule has 0 aliphatic heterocycles. The molecule has 0 aromatic heterocycles. The van der Waals surface area contributed by atoms with Gasteiger partial charge in [-0.1, -0.05) is 13.8 Å². The van der Waals surface area contributed by atoms with Crippen molar-refractivity contribution in [2.45, 2.75) is 83.0 Å². The second-order valence-corrected chi connectivity index (χ2v) is 9.30. The highest BCUT2D eigenvalue weighted by molar-refractivity contribution is 5.92. The van der Waals surface area contributed by atoms with E-state index in [0.717, 1.165) is 6.92 Å². The van der Waals surface area contributed by atoms with E-state index in [9.17, 15) is 43.8 Å². The summed E-state index contributed by atoms with van der Waals surface area (Å²) in [5.74, 6) is -5.95. The van der Waals surface area contributed by atoms with Crippen molar-refractivity contribution in [2.75, 3.05) is 13.2 Å². The van der Waals surface area contributed by atoms with Crippen LogP contribution in [-0.2, 0) is 38.3 Å². The lowest BCUT2D eigenvalue weighted by Gasteiger charge is -2.30. The standard InChI is InChI=1S/C23H39N5O12/c1-10(2)18(22(37)27-13(21(24)36)5-6-16(33)25-11(3)23(38)39)28-17(34)9-40-20(19(35)15(32)8-30)14(7-29)26-12(4)31/h7,10-11,13-15,18-20,30,32,35H,5-6,8-9H2,1-4H3,(H2,24,36)(H,25,33)(H,26,31)(H,27,37)(H,28,34)(H,38,39)/t11?,13?,14-,15+,18?,19+,20+/m0/s1. The Kier molecular flexibility index (Phi) is 16.2. The normalized spacial score (nSPS) is 16.3. The van der Waals surface area contributed by atoms with Crippen LogP contribution < -0.4 is 27.0 Å². The number of primary amides is 1. The maximum Gasteiger partial charge on any atom is 0.325 e. The predicted octanol–water partition coefficient (Wildman–Crippen LogP) is -4.73. The summed E-state index contributed by atoms with van der Waals surface area (Å²) >= 11 is 0. The van der Waals surface area contributed by atoms with Gasteiger partial charge in [0.15, 0.2) is 0 Å². The van der Waals surface area contributed by atoms with Gasteiger partial charge in [0.25, 0.3) is 0 Å². The molecule has 0 fully saturated rings. The fourth-order valence-corrected chi connectivity index (χ4v) is 3.29. The molecule has 228 valence electrons. The zero-order chi connectivity index (χ0) is 31.2. The van der Waals surface area contributed by atoms with E-state index in [0.29, 0.717) is 0 Å². The minimum atomic E-state index is -1.89. The molecule has 0 saturated carbocycles. The van der Waals surface area contributed by atoms with Crippen LogP contribution in [0.2, 0.25) is 0 Å². The van der Waals surface area contributed by atoms with Gasteiger partial charge >= 0.3 is 5.97 Å². The molecule has 17 nitrogen and oxygen atoms in total. The maximum atomic E-state index is 12.8. The number of hydrogen-bond acceptors (Lipinski definition) is 11. The molecule has 0 aliphatic carbocycles. The summed E-state index contributed by atoms with van der Waals surface area (Å²) in [6.07, 6.45) is -5.73. The summed E-state index contributed by atoms with van der Waals surface area (Å²) in [4.78, 5) is 82.9. The predicted molar refractivity (Wildman–Crippen MR) is 135 cm³/mol. The lowest BCUT2D eigenvalue weighted by molar-refractivity contribution is -0.147. The highest BCUT2D eigenvalue weighted by Gasteiger charge is 2.35. The van der Waals surface area contributed by atoms with E-state index in [1.165, 1.54) is 6.92 Å². The van der Waals surface area contributed by atoms with Crippen molar-refractivity contribution >= 4 is 41.8 Å². The van der Waals surface area contributed by atoms with E-state index >= 15 is 0 Å². The fourth-order valence-electron chi connectivity index (χ4n) is 3.29. The first kappa shape index (κ1) is 36.3. The van der Waals surface area contributed by atoms with Crippen molar-refractivity contribution in [1.82, 2.24) is 21.3 Å². The summed E-state index contributed by atoms with van der Waals surface area (Å²) < 4.78 is 5.26. The number of amides is 5. The molecule has 5 amide bonds. The van der Waals surface area contributed by atoms with Crippen LogP contribution in [-0.4, -0.2) is 118 Å². The van der Waals surface area contributed by atoms with Crippen molar-refractivity contribution in [3.05, 3.63) is 0 Å². The number of ether oxygens (including phenoxy) is 1. The summed E-state index contributed by atoms with van der Waals surface area (Å²) in [7, 11) is 0. The molecule has 0 heterocycles. The first-order chi connectivity index (χ1) is 18.5. The third-order valence-electron chi connectivity index (χ3n) is 5.53. The number of carbonyl (C=O) groups is 7. The molecule has 17 heteroatoms. The molecule has 40 heavy (non-hydrogen) atoms. The van der Waals surface area contributed by atoms with Crippen LogP contribution in [0.15, 0.2) is 0 Å². The SMILES string of the molecule is CC(=O)N[C@@H](C=O)[C@@H](OCC(=O)NC(C(=O)NC(CCC(=O)NC(C)C(=O)O)C(N)=O)C(C)C)[C@H](O)[C@H](O)CO. The molecule has 0 saturated heterocycles. The van der Waals surface area contributed by atoms with Crippen LogP contribution in [0.1, 0.15) is 40.5 Å². The monoisotopic (exact) mass is 577 g/mol. The van der Waals surface area contributed by atoms with E-state index in [1.54, 1.807) is 13.8 Å². The van der Waals surface area contributed by atoms with Gasteiger partial charge in [-0.15, -0.1) is 0 Å². The zero-order valence-corrected chi connectivity index (χ0v) is 22.7. The van der Waals surface area contributed by atoms with E-state index in [1.807, 2.05) is 0 Å². The number of carboxylic acids is 1. The molecule has 0 rings (SSSR count). The van der Waals surface area contributed by atoms with Crippen LogP contribution in [0, 0.1) is 5.92 Å². The number of carboxylic acid groups (broad SMARTS) is 1. The average molecular weight is 578 g/mol. The summed E-state index contributed by atoms with van der Waals surface area (Å²) in [6, 6.07) is -5.26. The van der Waals surface area contributed by atoms with Gasteiger partial charge in [0.2, 0.25) is 29.5 Å². The van der Waals surface area contributed by atoms with Gasteiger partial charge in [0.1, 0.15) is 55.4 Å². The molecule has 0 aromatic carbocycles. The third kappa shape index (κ3) is 12.9. The number of carbonyl (C=O) groups excluding carboxylic acids is 6. The number of nitrogens with two attached hydrogens (primary N) is 1. The zero-order valence-electron chi connectivity index (χ0n) is 22.7.